The first kappa shape index (κ1) is 25.6. The molecule has 0 radical (unpaired) electrons. The highest BCUT2D eigenvalue weighted by atomic mass is 16.2. The summed E-state index contributed by atoms with van der Waals surface area (Å²) in [4.78, 5) is 27.7. The summed E-state index contributed by atoms with van der Waals surface area (Å²) in [6, 6.07) is 16.1. The maximum absolute atomic E-state index is 13.2. The molecule has 0 fully saturated rings. The molecule has 0 saturated heterocycles. The Morgan fingerprint density at radius 1 is 0.906 bits per heavy atom. The fraction of sp³-hybridized carbons (Fsp3) is 0.500. The highest BCUT2D eigenvalue weighted by Crippen LogP contribution is 2.22. The van der Waals surface area contributed by atoms with Gasteiger partial charge in [-0.1, -0.05) is 88.7 Å². The Balaban J connectivity index is 2.11. The molecular weight excluding hydrogens is 396 g/mol. The minimum Gasteiger partial charge on any atom is -0.354 e. The van der Waals surface area contributed by atoms with E-state index in [1.807, 2.05) is 38.1 Å². The lowest BCUT2D eigenvalue weighted by atomic mass is 9.86. The number of carbonyl (C=O) groups excluding carboxylic acids is 2. The lowest BCUT2D eigenvalue weighted by Gasteiger charge is -2.29. The van der Waals surface area contributed by atoms with Crippen LogP contribution in [0.1, 0.15) is 70.2 Å². The van der Waals surface area contributed by atoms with Crippen LogP contribution in [0.25, 0.3) is 0 Å². The van der Waals surface area contributed by atoms with Crippen LogP contribution in [0, 0.1) is 12.8 Å². The molecule has 4 nitrogen and oxygen atoms in total. The van der Waals surface area contributed by atoms with Gasteiger partial charge in [0, 0.05) is 19.5 Å². The third-order valence-corrected chi connectivity index (χ3v) is 5.77. The predicted molar refractivity (Wildman–Crippen MR) is 133 cm³/mol. The molecule has 1 N–H and O–H groups in total. The summed E-state index contributed by atoms with van der Waals surface area (Å²) in [7, 11) is 0. The van der Waals surface area contributed by atoms with Crippen molar-refractivity contribution in [2.24, 2.45) is 5.92 Å². The van der Waals surface area contributed by atoms with E-state index in [9.17, 15) is 9.59 Å². The third kappa shape index (κ3) is 7.81. The highest BCUT2D eigenvalue weighted by Gasteiger charge is 2.26. The molecule has 0 aliphatic heterocycles. The molecule has 0 spiro atoms. The topological polar surface area (TPSA) is 49.4 Å². The van der Waals surface area contributed by atoms with E-state index in [-0.39, 0.29) is 17.2 Å². The lowest BCUT2D eigenvalue weighted by molar-refractivity contribution is -0.140. The van der Waals surface area contributed by atoms with Crippen molar-refractivity contribution in [1.29, 1.82) is 0 Å². The van der Waals surface area contributed by atoms with E-state index in [1.54, 1.807) is 4.90 Å². The van der Waals surface area contributed by atoms with Crippen LogP contribution in [0.2, 0.25) is 0 Å². The summed E-state index contributed by atoms with van der Waals surface area (Å²) in [6.45, 7) is 15.6. The second kappa shape index (κ2) is 11.3. The number of nitrogens with one attached hydrogen (secondary N) is 1. The van der Waals surface area contributed by atoms with E-state index in [4.69, 9.17) is 0 Å². The number of hydrogen-bond acceptors (Lipinski definition) is 2. The van der Waals surface area contributed by atoms with Crippen LogP contribution < -0.4 is 5.32 Å². The minimum atomic E-state index is -0.522. The van der Waals surface area contributed by atoms with Crippen LogP contribution in [-0.4, -0.2) is 29.3 Å². The summed E-state index contributed by atoms with van der Waals surface area (Å²) in [5.41, 5.74) is 4.73. The van der Waals surface area contributed by atoms with Gasteiger partial charge in [-0.05, 0) is 48.3 Å². The molecule has 0 aromatic heterocycles. The standard InChI is InChI=1S/C28H40N2O2/c1-20(2)18-29-27(32)22(4)30(19-24-10-8-21(3)9-11-24)26(31)17-14-23-12-15-25(16-13-23)28(5,6)7/h8-13,15-16,20,22H,14,17-19H2,1-7H3,(H,29,32)/t22-/m1/s1. The number of carbonyl (C=O) groups is 2. The van der Waals surface area contributed by atoms with E-state index in [0.717, 1.165) is 11.1 Å². The van der Waals surface area contributed by atoms with Crippen molar-refractivity contribution in [2.75, 3.05) is 6.54 Å². The molecule has 0 aliphatic carbocycles. The highest BCUT2D eigenvalue weighted by molar-refractivity contribution is 5.87. The van der Waals surface area contributed by atoms with Crippen molar-refractivity contribution >= 4 is 11.8 Å². The zero-order valence-corrected chi connectivity index (χ0v) is 20.9. The smallest absolute Gasteiger partial charge is 0.242 e. The Kier molecular flexibility index (Phi) is 9.06. The van der Waals surface area contributed by atoms with Gasteiger partial charge in [0.15, 0.2) is 0 Å². The molecule has 1 atom stereocenters. The molecule has 0 aliphatic rings. The summed E-state index contributed by atoms with van der Waals surface area (Å²) in [5, 5.41) is 2.97. The van der Waals surface area contributed by atoms with Gasteiger partial charge in [0.1, 0.15) is 6.04 Å². The number of rotatable bonds is 9. The largest absolute Gasteiger partial charge is 0.354 e. The van der Waals surface area contributed by atoms with Gasteiger partial charge in [0.25, 0.3) is 0 Å². The van der Waals surface area contributed by atoms with E-state index < -0.39 is 6.04 Å². The molecule has 0 saturated carbocycles. The molecule has 2 aromatic carbocycles. The summed E-state index contributed by atoms with van der Waals surface area (Å²) >= 11 is 0. The Labute approximate surface area is 194 Å². The Bertz CT molecular complexity index is 877. The minimum absolute atomic E-state index is 0.00216. The molecule has 2 rings (SSSR count). The molecule has 2 aromatic rings. The van der Waals surface area contributed by atoms with E-state index in [2.05, 4.69) is 64.2 Å². The van der Waals surface area contributed by atoms with Crippen LogP contribution in [0.15, 0.2) is 48.5 Å². The van der Waals surface area contributed by atoms with Crippen molar-refractivity contribution in [2.45, 2.75) is 79.3 Å². The van der Waals surface area contributed by atoms with E-state index in [1.165, 1.54) is 11.1 Å². The van der Waals surface area contributed by atoms with Crippen LogP contribution in [-0.2, 0) is 28.0 Å². The summed E-state index contributed by atoms with van der Waals surface area (Å²) in [5.74, 6) is 0.259. The Hall–Kier alpha value is -2.62. The second-order valence-corrected chi connectivity index (χ2v) is 10.3. The van der Waals surface area contributed by atoms with Crippen molar-refractivity contribution < 1.29 is 9.59 Å². The van der Waals surface area contributed by atoms with Gasteiger partial charge in [-0.25, -0.2) is 0 Å². The van der Waals surface area contributed by atoms with Crippen molar-refractivity contribution in [3.05, 3.63) is 70.8 Å². The van der Waals surface area contributed by atoms with Crippen LogP contribution in [0.4, 0.5) is 0 Å². The molecular formula is C28H40N2O2. The van der Waals surface area contributed by atoms with Gasteiger partial charge >= 0.3 is 0 Å². The predicted octanol–water partition coefficient (Wildman–Crippen LogP) is 5.41. The van der Waals surface area contributed by atoms with Crippen LogP contribution >= 0.6 is 0 Å². The average Bonchev–Trinajstić information content (AvgIpc) is 2.74. The Morgan fingerprint density at radius 3 is 2.00 bits per heavy atom. The normalized spacial score (nSPS) is 12.5. The fourth-order valence-electron chi connectivity index (χ4n) is 3.49. The molecule has 32 heavy (non-hydrogen) atoms. The van der Waals surface area contributed by atoms with Gasteiger partial charge in [-0.15, -0.1) is 0 Å². The molecule has 4 heteroatoms. The zero-order valence-electron chi connectivity index (χ0n) is 20.9. The first-order valence-corrected chi connectivity index (χ1v) is 11.7. The van der Waals surface area contributed by atoms with E-state index in [0.29, 0.717) is 31.8 Å². The van der Waals surface area contributed by atoms with Crippen molar-refractivity contribution in [1.82, 2.24) is 10.2 Å². The number of amides is 2. The summed E-state index contributed by atoms with van der Waals surface area (Å²) < 4.78 is 0. The van der Waals surface area contributed by atoms with Gasteiger partial charge in [-0.2, -0.15) is 0 Å². The number of benzene rings is 2. The molecule has 0 heterocycles. The van der Waals surface area contributed by atoms with Gasteiger partial charge in [-0.3, -0.25) is 9.59 Å². The van der Waals surface area contributed by atoms with Gasteiger partial charge in [0.2, 0.25) is 11.8 Å². The SMILES string of the molecule is Cc1ccc(CN(C(=O)CCc2ccc(C(C)(C)C)cc2)[C@H](C)C(=O)NCC(C)C)cc1. The first-order chi connectivity index (χ1) is 15.0. The van der Waals surface area contributed by atoms with E-state index >= 15 is 0 Å². The molecule has 174 valence electrons. The van der Waals surface area contributed by atoms with Crippen molar-refractivity contribution in [3.8, 4) is 0 Å². The second-order valence-electron chi connectivity index (χ2n) is 10.3. The lowest BCUT2D eigenvalue weighted by Crippen LogP contribution is -2.48. The zero-order chi connectivity index (χ0) is 23.9. The maximum Gasteiger partial charge on any atom is 0.242 e. The Morgan fingerprint density at radius 2 is 1.47 bits per heavy atom. The van der Waals surface area contributed by atoms with Gasteiger partial charge in [0.05, 0.1) is 0 Å². The fourth-order valence-corrected chi connectivity index (χ4v) is 3.49. The summed E-state index contributed by atoms with van der Waals surface area (Å²) in [6.07, 6.45) is 1.04. The number of hydrogen-bond donors (Lipinski definition) is 1. The number of nitrogens with zero attached hydrogens (tertiary/aromatic N) is 1. The molecule has 2 amide bonds. The quantitative estimate of drug-likeness (QED) is 0.571. The van der Waals surface area contributed by atoms with Crippen molar-refractivity contribution in [3.63, 3.8) is 0 Å². The first-order valence-electron chi connectivity index (χ1n) is 11.7. The average molecular weight is 437 g/mol. The number of aryl methyl sites for hydroxylation is 2. The van der Waals surface area contributed by atoms with Crippen LogP contribution in [0.3, 0.4) is 0 Å². The molecule has 0 bridgehead atoms. The monoisotopic (exact) mass is 436 g/mol. The maximum atomic E-state index is 13.2. The van der Waals surface area contributed by atoms with Gasteiger partial charge < -0.3 is 10.2 Å². The third-order valence-electron chi connectivity index (χ3n) is 5.77. The molecule has 0 unspecified atom stereocenters. The van der Waals surface area contributed by atoms with Crippen LogP contribution in [0.5, 0.6) is 0 Å².